The van der Waals surface area contributed by atoms with Gasteiger partial charge in [0.25, 0.3) is 0 Å². The topological polar surface area (TPSA) is 87.9 Å². The van der Waals surface area contributed by atoms with Crippen LogP contribution in [0.25, 0.3) is 0 Å². The minimum atomic E-state index is 0.180. The average Bonchev–Trinajstić information content (AvgIpc) is 1.65. The Morgan fingerprint density at radius 2 is 0.875 bits per heavy atom. The minimum Gasteiger partial charge on any atom is -0.379 e. The maximum atomic E-state index is 5.42. The largest absolute Gasteiger partial charge is 0.379 e. The molecule has 104 heavy (non-hydrogen) atoms. The zero-order chi connectivity index (χ0) is 75.5. The van der Waals surface area contributed by atoms with Crippen molar-refractivity contribution in [2.45, 2.75) is 286 Å². The number of ether oxygens (including phenoxy) is 1. The molecule has 4 atom stereocenters. The van der Waals surface area contributed by atoms with Gasteiger partial charge in [0.2, 0.25) is 0 Å². The Bertz CT molecular complexity index is 2980. The fourth-order valence-electron chi connectivity index (χ4n) is 13.4. The lowest BCUT2D eigenvalue weighted by molar-refractivity contribution is 0.0363. The number of benzene rings is 6. The minimum absolute atomic E-state index is 0.180. The van der Waals surface area contributed by atoms with E-state index in [1.165, 1.54) is 118 Å². The van der Waals surface area contributed by atoms with Crippen LogP contribution in [0, 0.1) is 0 Å². The van der Waals surface area contributed by atoms with Crippen LogP contribution in [0.15, 0.2) is 211 Å². The first-order chi connectivity index (χ1) is 49.8. The molecule has 15 heteroatoms. The number of thioether (sulfide) groups is 6. The van der Waals surface area contributed by atoms with Crippen molar-refractivity contribution in [1.82, 2.24) is 41.7 Å². The first-order valence-electron chi connectivity index (χ1n) is 39.5. The van der Waals surface area contributed by atoms with Gasteiger partial charge in [0.15, 0.2) is 0 Å². The quantitative estimate of drug-likeness (QED) is 0.0213. The second-order valence-corrected chi connectivity index (χ2v) is 38.5. The predicted molar refractivity (Wildman–Crippen MR) is 468 cm³/mol. The molecule has 9 nitrogen and oxygen atoms in total. The summed E-state index contributed by atoms with van der Waals surface area (Å²) in [7, 11) is 4.28. The SMILES string of the molecule is CC(C)NC(C)(C)CSc1ccccc1.CC(C)NC1(CSc2ccccc2)CC1.CC(C)NC1(CSc2ccccc2)CCCC1.CC(C)N[C@H](CCN1CCOCC1)CSc1ccccc1.CC(C)N[C@H]1CCCC[C@H]1Sc1ccccc1.CC(C)N[C@](C)(CCN(C)C)CSc1ccccc1. The molecule has 1 heterocycles. The smallest absolute Gasteiger partial charge is 0.0594 e. The zero-order valence-electron chi connectivity index (χ0n) is 67.5. The molecule has 6 N–H and O–H groups in total. The summed E-state index contributed by atoms with van der Waals surface area (Å²) in [6.45, 7) is 39.8. The van der Waals surface area contributed by atoms with E-state index in [9.17, 15) is 0 Å². The second kappa shape index (κ2) is 51.5. The Morgan fingerprint density at radius 1 is 0.462 bits per heavy atom. The van der Waals surface area contributed by atoms with Crippen LogP contribution in [-0.4, -0.2) is 168 Å². The number of nitrogens with one attached hydrogen (secondary N) is 6. The van der Waals surface area contributed by atoms with Crippen molar-refractivity contribution in [3.63, 3.8) is 0 Å². The molecule has 1 aliphatic heterocycles. The fraction of sp³-hybridized carbons (Fsp3) is 0.596. The average molecular weight is 1530 g/mol. The van der Waals surface area contributed by atoms with Crippen molar-refractivity contribution in [3.8, 4) is 0 Å². The van der Waals surface area contributed by atoms with Crippen LogP contribution in [0.4, 0.5) is 0 Å². The molecule has 1 saturated heterocycles. The first kappa shape index (κ1) is 91.7. The van der Waals surface area contributed by atoms with Crippen LogP contribution < -0.4 is 31.9 Å². The van der Waals surface area contributed by atoms with Crippen LogP contribution in [0.5, 0.6) is 0 Å². The molecule has 10 rings (SSSR count). The van der Waals surface area contributed by atoms with Crippen molar-refractivity contribution in [1.29, 1.82) is 0 Å². The fourth-order valence-corrected chi connectivity index (χ4v) is 20.1. The highest BCUT2D eigenvalue weighted by Crippen LogP contribution is 2.41. The Hall–Kier alpha value is -2.94. The summed E-state index contributed by atoms with van der Waals surface area (Å²) in [4.78, 5) is 13.0. The Labute approximate surface area is 662 Å². The van der Waals surface area contributed by atoms with Crippen LogP contribution in [0.2, 0.25) is 0 Å². The van der Waals surface area contributed by atoms with E-state index in [0.717, 1.165) is 61.8 Å². The molecular formula is C89H142N8OS6. The molecule has 4 fully saturated rings. The van der Waals surface area contributed by atoms with Gasteiger partial charge in [0.1, 0.15) is 0 Å². The highest BCUT2D eigenvalue weighted by molar-refractivity contribution is 8.00. The molecule has 3 aliphatic carbocycles. The van der Waals surface area contributed by atoms with E-state index in [0.29, 0.717) is 59.4 Å². The molecular weight excluding hydrogens is 1390 g/mol. The van der Waals surface area contributed by atoms with Crippen molar-refractivity contribution < 1.29 is 4.74 Å². The molecule has 0 aromatic heterocycles. The van der Waals surface area contributed by atoms with Gasteiger partial charge < -0.3 is 41.5 Å². The van der Waals surface area contributed by atoms with Crippen LogP contribution >= 0.6 is 70.6 Å². The lowest BCUT2D eigenvalue weighted by Gasteiger charge is -2.34. The van der Waals surface area contributed by atoms with Gasteiger partial charge in [-0.05, 0) is 172 Å². The number of rotatable bonds is 35. The van der Waals surface area contributed by atoms with E-state index >= 15 is 0 Å². The van der Waals surface area contributed by atoms with Gasteiger partial charge in [0.05, 0.1) is 13.2 Å². The second-order valence-electron chi connectivity index (χ2n) is 31.9. The molecule has 0 radical (unpaired) electrons. The standard InChI is InChI=1S/C17H28N2OS.C16H28N2S.2C15H23NS.C13H19NS.C13H21NS/c1-15(2)18-16(8-9-19-10-12-20-13-11-19)14-21-17-6-4-3-5-7-17;1-14(2)17-16(3,11-12-18(4)5)13-19-15-9-7-6-8-10-15;1-13(2)16-15(10-6-7-11-15)12-17-14-8-4-3-5-9-14;1-12(2)16-14-10-6-7-11-15(14)17-13-8-4-3-5-9-13;1-11(2)14-13(8-9-13)10-15-12-6-4-3-5-7-12;1-11(2)14-13(3,4)10-15-12-8-6-5-7-9-12/h3-7,15-16,18H,8-14H2,1-2H3;6-10,14,17H,11-13H2,1-5H3;3-5,8-9,13,16H,6-7,10-12H2,1-2H3;3-5,8-9,12,14-16H,6-7,10-11H2,1-2H3;3-7,11,14H,8-10H2,1-2H3;5-9,11,14H,10H2,1-4H3/t2*16-;;14-,15+;;/m11.0../s1. The van der Waals surface area contributed by atoms with E-state index in [-0.39, 0.29) is 11.1 Å². The molecule has 4 aliphatic rings. The van der Waals surface area contributed by atoms with Gasteiger partial charge in [0, 0.05) is 147 Å². The number of nitrogens with zero attached hydrogens (tertiary/aromatic N) is 2. The summed E-state index contributed by atoms with van der Waals surface area (Å²) in [5, 5.41) is 23.0. The van der Waals surface area contributed by atoms with Crippen LogP contribution in [0.1, 0.15) is 181 Å². The molecule has 0 spiro atoms. The van der Waals surface area contributed by atoms with E-state index in [1.54, 1.807) is 0 Å². The highest BCUT2D eigenvalue weighted by atomic mass is 32.2. The highest BCUT2D eigenvalue weighted by Gasteiger charge is 2.42. The summed E-state index contributed by atoms with van der Waals surface area (Å²) in [5.74, 6) is 5.73. The normalized spacial score (nSPS) is 17.9. The van der Waals surface area contributed by atoms with Gasteiger partial charge in [-0.25, -0.2) is 0 Å². The van der Waals surface area contributed by atoms with Crippen molar-refractivity contribution in [3.05, 3.63) is 182 Å². The van der Waals surface area contributed by atoms with Crippen molar-refractivity contribution in [2.24, 2.45) is 0 Å². The molecule has 580 valence electrons. The lowest BCUT2D eigenvalue weighted by atomic mass is 9.94. The Balaban J connectivity index is 0.000000225. The summed E-state index contributed by atoms with van der Waals surface area (Å²) < 4.78 is 5.42. The van der Waals surface area contributed by atoms with E-state index in [1.807, 2.05) is 58.8 Å². The molecule has 3 saturated carbocycles. The maximum Gasteiger partial charge on any atom is 0.0594 e. The van der Waals surface area contributed by atoms with Crippen molar-refractivity contribution >= 4 is 70.6 Å². The van der Waals surface area contributed by atoms with Crippen molar-refractivity contribution in [2.75, 3.05) is 82.3 Å². The monoisotopic (exact) mass is 1530 g/mol. The number of morpholine rings is 1. The summed E-state index contributed by atoms with van der Waals surface area (Å²) >= 11 is 11.8. The van der Waals surface area contributed by atoms with Gasteiger partial charge in [-0.2, -0.15) is 0 Å². The summed E-state index contributed by atoms with van der Waals surface area (Å²) in [5.41, 5.74) is 1.19. The Kier molecular flexibility index (Phi) is 45.4. The third-order valence-electron chi connectivity index (χ3n) is 18.1. The van der Waals surface area contributed by atoms with E-state index < -0.39 is 0 Å². The van der Waals surface area contributed by atoms with Gasteiger partial charge >= 0.3 is 0 Å². The van der Waals surface area contributed by atoms with E-state index in [2.05, 4.69) is 353 Å². The molecule has 0 unspecified atom stereocenters. The lowest BCUT2D eigenvalue weighted by Crippen LogP contribution is -2.49. The van der Waals surface area contributed by atoms with Gasteiger partial charge in [-0.3, -0.25) is 4.90 Å². The third-order valence-corrected chi connectivity index (χ3v) is 26.2. The number of hydrogen-bond donors (Lipinski definition) is 6. The molecule has 6 aromatic rings. The Morgan fingerprint density at radius 3 is 1.29 bits per heavy atom. The number of hydrogen-bond acceptors (Lipinski definition) is 15. The first-order valence-corrected chi connectivity index (χ1v) is 45.3. The summed E-state index contributed by atoms with van der Waals surface area (Å²) in [6.07, 6.45) is 16.0. The third kappa shape index (κ3) is 42.3. The van der Waals surface area contributed by atoms with E-state index in [4.69, 9.17) is 4.74 Å². The van der Waals surface area contributed by atoms with Gasteiger partial charge in [-0.1, -0.05) is 218 Å². The molecule has 0 bridgehead atoms. The van der Waals surface area contributed by atoms with Gasteiger partial charge in [-0.15, -0.1) is 70.6 Å². The predicted octanol–water partition coefficient (Wildman–Crippen LogP) is 21.4. The summed E-state index contributed by atoms with van der Waals surface area (Å²) in [6, 6.07) is 68.8. The van der Waals surface area contributed by atoms with Crippen LogP contribution in [0.3, 0.4) is 0 Å². The molecule has 0 amide bonds. The molecule has 6 aromatic carbocycles. The van der Waals surface area contributed by atoms with Crippen LogP contribution in [-0.2, 0) is 4.74 Å². The maximum absolute atomic E-state index is 5.42. The zero-order valence-corrected chi connectivity index (χ0v) is 72.4.